The van der Waals surface area contributed by atoms with Crippen molar-refractivity contribution in [1.82, 2.24) is 10.2 Å². The topological polar surface area (TPSA) is 61.0 Å². The molecule has 0 bridgehead atoms. The van der Waals surface area contributed by atoms with Gasteiger partial charge in [0, 0.05) is 12.0 Å². The molecule has 0 saturated heterocycles. The number of rotatable bonds is 2. The maximum Gasteiger partial charge on any atom is 0.188 e. The minimum atomic E-state index is 0. The molecule has 1 aliphatic rings. The summed E-state index contributed by atoms with van der Waals surface area (Å²) in [5, 5.41) is 8.08. The molecule has 0 amide bonds. The Labute approximate surface area is 114 Å². The number of hydrogen-bond acceptors (Lipinski definition) is 4. The fourth-order valence-electron chi connectivity index (χ4n) is 2.16. The summed E-state index contributed by atoms with van der Waals surface area (Å²) in [4.78, 5) is 0. The molecule has 0 spiro atoms. The first kappa shape index (κ1) is 16.3. The Kier molecular flexibility index (Phi) is 7.23. The smallest absolute Gasteiger partial charge is 0.188 e. The number of nitrogens with zero attached hydrogens (tertiary/aromatic N) is 2. The van der Waals surface area contributed by atoms with Crippen molar-refractivity contribution in [3.05, 3.63) is 11.8 Å². The molecule has 0 aliphatic heterocycles. The number of aromatic nitrogens is 2. The maximum atomic E-state index is 5.63. The fraction of sp³-hybridized carbons (Fsp3) is 0.636. The number of nitrogen functional groups attached to an aromatic ring is 1. The molecule has 6 heteroatoms. The van der Waals surface area contributed by atoms with Crippen molar-refractivity contribution in [2.45, 2.75) is 38.0 Å². The van der Waals surface area contributed by atoms with Gasteiger partial charge in [0.25, 0.3) is 0 Å². The van der Waals surface area contributed by atoms with Crippen LogP contribution in [-0.2, 0) is 0 Å². The minimum Gasteiger partial charge on any atom is -0.493 e. The van der Waals surface area contributed by atoms with Crippen LogP contribution in [0.1, 0.15) is 43.7 Å². The summed E-state index contributed by atoms with van der Waals surface area (Å²) >= 11 is 0. The van der Waals surface area contributed by atoms with Gasteiger partial charge in [-0.3, -0.25) is 0 Å². The average Bonchev–Trinajstić information content (AvgIpc) is 2.31. The van der Waals surface area contributed by atoms with Gasteiger partial charge < -0.3 is 10.5 Å². The molecule has 1 aliphatic carbocycles. The highest BCUT2D eigenvalue weighted by Crippen LogP contribution is 2.33. The number of nitrogens with two attached hydrogens (primary N) is 1. The molecule has 98 valence electrons. The molecule has 0 aromatic carbocycles. The Hall–Kier alpha value is -0.740. The molecule has 1 aromatic heterocycles. The van der Waals surface area contributed by atoms with Gasteiger partial charge in [-0.2, -0.15) is 5.10 Å². The van der Waals surface area contributed by atoms with E-state index < -0.39 is 0 Å². The molecule has 0 radical (unpaired) electrons. The normalized spacial score (nSPS) is 15.6. The van der Waals surface area contributed by atoms with Crippen LogP contribution in [0.5, 0.6) is 5.75 Å². The molecule has 1 fully saturated rings. The quantitative estimate of drug-likeness (QED) is 0.904. The van der Waals surface area contributed by atoms with Crippen LogP contribution in [-0.4, -0.2) is 17.3 Å². The van der Waals surface area contributed by atoms with Gasteiger partial charge in [0.15, 0.2) is 11.6 Å². The lowest BCUT2D eigenvalue weighted by atomic mass is 9.87. The molecule has 1 saturated carbocycles. The van der Waals surface area contributed by atoms with Gasteiger partial charge in [0.1, 0.15) is 0 Å². The predicted octanol–water partition coefficient (Wildman–Crippen LogP) is 2.96. The lowest BCUT2D eigenvalue weighted by Gasteiger charge is -2.20. The monoisotopic (exact) mass is 279 g/mol. The van der Waals surface area contributed by atoms with E-state index in [1.165, 1.54) is 32.1 Å². The molecule has 4 nitrogen and oxygen atoms in total. The van der Waals surface area contributed by atoms with E-state index in [2.05, 4.69) is 10.2 Å². The first-order valence-corrected chi connectivity index (χ1v) is 5.48. The maximum absolute atomic E-state index is 5.63. The van der Waals surface area contributed by atoms with Crippen LogP contribution < -0.4 is 10.5 Å². The Balaban J connectivity index is 0.00000128. The molecule has 2 N–H and O–H groups in total. The highest BCUT2D eigenvalue weighted by Gasteiger charge is 2.18. The second kappa shape index (κ2) is 7.56. The van der Waals surface area contributed by atoms with E-state index in [0.717, 1.165) is 5.69 Å². The zero-order chi connectivity index (χ0) is 10.7. The average molecular weight is 280 g/mol. The fourth-order valence-corrected chi connectivity index (χ4v) is 2.16. The van der Waals surface area contributed by atoms with Gasteiger partial charge in [-0.25, -0.2) is 0 Å². The van der Waals surface area contributed by atoms with Crippen molar-refractivity contribution in [3.63, 3.8) is 0 Å². The van der Waals surface area contributed by atoms with Gasteiger partial charge in [-0.1, -0.05) is 19.3 Å². The molecule has 2 rings (SSSR count). The zero-order valence-corrected chi connectivity index (χ0v) is 11.5. The van der Waals surface area contributed by atoms with Crippen LogP contribution in [0.15, 0.2) is 6.07 Å². The summed E-state index contributed by atoms with van der Waals surface area (Å²) in [5.74, 6) is 1.56. The first-order valence-electron chi connectivity index (χ1n) is 5.48. The van der Waals surface area contributed by atoms with Gasteiger partial charge >= 0.3 is 0 Å². The first-order chi connectivity index (χ1) is 7.31. The Morgan fingerprint density at radius 1 is 1.18 bits per heavy atom. The van der Waals surface area contributed by atoms with Gasteiger partial charge in [-0.05, 0) is 12.8 Å². The lowest BCUT2D eigenvalue weighted by molar-refractivity contribution is 0.404. The van der Waals surface area contributed by atoms with Crippen LogP contribution in [0.25, 0.3) is 0 Å². The van der Waals surface area contributed by atoms with Crippen LogP contribution in [0.2, 0.25) is 0 Å². The van der Waals surface area contributed by atoms with E-state index in [9.17, 15) is 0 Å². The van der Waals surface area contributed by atoms with E-state index in [0.29, 0.717) is 17.5 Å². The predicted molar refractivity (Wildman–Crippen MR) is 73.3 cm³/mol. The summed E-state index contributed by atoms with van der Waals surface area (Å²) in [6.07, 6.45) is 6.34. The van der Waals surface area contributed by atoms with Gasteiger partial charge in [0.2, 0.25) is 0 Å². The molecular formula is C11H19Cl2N3O. The largest absolute Gasteiger partial charge is 0.493 e. The highest BCUT2D eigenvalue weighted by atomic mass is 35.5. The van der Waals surface area contributed by atoms with Crippen molar-refractivity contribution in [2.75, 3.05) is 12.8 Å². The van der Waals surface area contributed by atoms with Crippen molar-refractivity contribution < 1.29 is 4.74 Å². The molecule has 17 heavy (non-hydrogen) atoms. The van der Waals surface area contributed by atoms with Crippen molar-refractivity contribution in [2.24, 2.45) is 0 Å². The highest BCUT2D eigenvalue weighted by molar-refractivity contribution is 5.85. The van der Waals surface area contributed by atoms with E-state index in [1.807, 2.05) is 6.07 Å². The summed E-state index contributed by atoms with van der Waals surface area (Å²) in [6.45, 7) is 0. The number of halogens is 2. The standard InChI is InChI=1S/C11H17N3O.2ClH/c1-15-10-7-9(13-14-11(10)12)8-5-3-2-4-6-8;;/h7-8H,2-6H2,1H3,(H2,12,14);2*1H. The van der Waals surface area contributed by atoms with Crippen molar-refractivity contribution in [1.29, 1.82) is 0 Å². The third-order valence-corrected chi connectivity index (χ3v) is 3.05. The number of anilines is 1. The van der Waals surface area contributed by atoms with Crippen LogP contribution in [0.3, 0.4) is 0 Å². The number of hydrogen-bond donors (Lipinski definition) is 1. The second-order valence-electron chi connectivity index (χ2n) is 4.06. The van der Waals surface area contributed by atoms with E-state index in [4.69, 9.17) is 10.5 Å². The molecular weight excluding hydrogens is 261 g/mol. The van der Waals surface area contributed by atoms with Crippen LogP contribution >= 0.6 is 24.8 Å². The summed E-state index contributed by atoms with van der Waals surface area (Å²) in [5.41, 5.74) is 6.66. The third-order valence-electron chi connectivity index (χ3n) is 3.05. The second-order valence-corrected chi connectivity index (χ2v) is 4.06. The van der Waals surface area contributed by atoms with Crippen LogP contribution in [0.4, 0.5) is 5.82 Å². The Bertz CT molecular complexity index is 343. The summed E-state index contributed by atoms with van der Waals surface area (Å²) < 4.78 is 5.15. The molecule has 1 aromatic rings. The molecule has 0 unspecified atom stereocenters. The SMILES string of the molecule is COc1cc(C2CCCCC2)nnc1N.Cl.Cl. The van der Waals surface area contributed by atoms with Crippen LogP contribution in [0, 0.1) is 0 Å². The lowest BCUT2D eigenvalue weighted by Crippen LogP contribution is -2.09. The summed E-state index contributed by atoms with van der Waals surface area (Å²) in [6, 6.07) is 1.93. The van der Waals surface area contributed by atoms with E-state index in [1.54, 1.807) is 7.11 Å². The zero-order valence-electron chi connectivity index (χ0n) is 9.89. The van der Waals surface area contributed by atoms with Crippen molar-refractivity contribution in [3.8, 4) is 5.75 Å². The van der Waals surface area contributed by atoms with Gasteiger partial charge in [0.05, 0.1) is 12.8 Å². The minimum absolute atomic E-state index is 0. The Morgan fingerprint density at radius 2 is 1.82 bits per heavy atom. The van der Waals surface area contributed by atoms with Crippen molar-refractivity contribution >= 4 is 30.6 Å². The number of methoxy groups -OCH3 is 1. The molecule has 1 heterocycles. The Morgan fingerprint density at radius 3 is 2.41 bits per heavy atom. The molecule has 0 atom stereocenters. The number of ether oxygens (including phenoxy) is 1. The van der Waals surface area contributed by atoms with E-state index >= 15 is 0 Å². The summed E-state index contributed by atoms with van der Waals surface area (Å²) in [7, 11) is 1.61. The van der Waals surface area contributed by atoms with Gasteiger partial charge in [-0.15, -0.1) is 29.9 Å². The third kappa shape index (κ3) is 3.89. The van der Waals surface area contributed by atoms with E-state index in [-0.39, 0.29) is 24.8 Å².